The molecule has 8 nitrogen and oxygen atoms in total. The Morgan fingerprint density at radius 1 is 1.38 bits per heavy atom. The van der Waals surface area contributed by atoms with Gasteiger partial charge in [0.15, 0.2) is 22.2 Å². The first-order chi connectivity index (χ1) is 14.0. The highest BCUT2D eigenvalue weighted by Crippen LogP contribution is 2.36. The van der Waals surface area contributed by atoms with Crippen LogP contribution in [-0.2, 0) is 23.0 Å². The lowest BCUT2D eigenvalue weighted by Gasteiger charge is -2.25. The van der Waals surface area contributed by atoms with Crippen LogP contribution >= 0.6 is 11.3 Å². The number of amides is 1. The number of para-hydroxylation sites is 1. The molecule has 0 atom stereocenters. The van der Waals surface area contributed by atoms with Gasteiger partial charge in [-0.25, -0.2) is 13.4 Å². The van der Waals surface area contributed by atoms with Gasteiger partial charge in [-0.3, -0.25) is 10.1 Å². The van der Waals surface area contributed by atoms with Crippen LogP contribution in [0.5, 0.6) is 5.75 Å². The van der Waals surface area contributed by atoms with Gasteiger partial charge in [0.1, 0.15) is 0 Å². The number of ether oxygens (including phenoxy) is 1. The number of furan rings is 1. The topological polar surface area (TPSA) is 102 Å². The average Bonchev–Trinajstić information content (AvgIpc) is 3.36. The molecule has 1 aliphatic carbocycles. The van der Waals surface area contributed by atoms with Gasteiger partial charge in [0, 0.05) is 29.8 Å². The van der Waals surface area contributed by atoms with Gasteiger partial charge < -0.3 is 9.15 Å². The van der Waals surface area contributed by atoms with Gasteiger partial charge in [0.25, 0.3) is 5.91 Å². The molecule has 1 amide bonds. The Balaban J connectivity index is 1.34. The molecule has 2 aliphatic rings. The Morgan fingerprint density at radius 3 is 2.97 bits per heavy atom. The molecule has 3 heterocycles. The second-order valence-corrected chi connectivity index (χ2v) is 10.5. The molecular weight excluding hydrogens is 414 g/mol. The fraction of sp³-hybridized carbons (Fsp3) is 0.368. The smallest absolute Gasteiger partial charge is 0.293 e. The van der Waals surface area contributed by atoms with Crippen molar-refractivity contribution in [2.75, 3.05) is 19.0 Å². The number of fused-ring (bicyclic) bond motifs is 2. The normalized spacial score (nSPS) is 17.3. The predicted molar refractivity (Wildman–Crippen MR) is 109 cm³/mol. The second-order valence-electron chi connectivity index (χ2n) is 7.16. The van der Waals surface area contributed by atoms with E-state index in [1.165, 1.54) is 11.3 Å². The molecule has 0 saturated heterocycles. The molecule has 29 heavy (non-hydrogen) atoms. The van der Waals surface area contributed by atoms with Crippen molar-refractivity contribution in [3.8, 4) is 5.75 Å². The van der Waals surface area contributed by atoms with Crippen LogP contribution in [0, 0.1) is 0 Å². The Kier molecular flexibility index (Phi) is 4.37. The molecule has 0 bridgehead atoms. The van der Waals surface area contributed by atoms with Crippen molar-refractivity contribution in [2.45, 2.75) is 31.1 Å². The van der Waals surface area contributed by atoms with Crippen molar-refractivity contribution in [1.29, 1.82) is 0 Å². The van der Waals surface area contributed by atoms with E-state index < -0.39 is 15.9 Å². The van der Waals surface area contributed by atoms with Crippen LogP contribution in [0.15, 0.2) is 28.7 Å². The number of methoxy groups -OCH3 is 1. The summed E-state index contributed by atoms with van der Waals surface area (Å²) in [4.78, 5) is 18.0. The molecule has 1 aromatic carbocycles. The number of hydrogen-bond donors (Lipinski definition) is 1. The van der Waals surface area contributed by atoms with Crippen molar-refractivity contribution in [2.24, 2.45) is 0 Å². The summed E-state index contributed by atoms with van der Waals surface area (Å²) in [6.45, 7) is 0.760. The number of hydrogen-bond acceptors (Lipinski definition) is 7. The lowest BCUT2D eigenvalue weighted by atomic mass is 10.2. The zero-order valence-electron chi connectivity index (χ0n) is 15.7. The van der Waals surface area contributed by atoms with E-state index >= 15 is 0 Å². The third-order valence-electron chi connectivity index (χ3n) is 5.17. The molecule has 1 saturated carbocycles. The Bertz CT molecular complexity index is 1210. The van der Waals surface area contributed by atoms with E-state index in [1.54, 1.807) is 23.5 Å². The summed E-state index contributed by atoms with van der Waals surface area (Å²) < 4.78 is 37.4. The number of benzene rings is 1. The summed E-state index contributed by atoms with van der Waals surface area (Å²) >= 11 is 1.31. The molecule has 152 valence electrons. The van der Waals surface area contributed by atoms with Crippen molar-refractivity contribution in [3.05, 3.63) is 40.6 Å². The van der Waals surface area contributed by atoms with Gasteiger partial charge in [-0.2, -0.15) is 4.31 Å². The van der Waals surface area contributed by atoms with Crippen LogP contribution < -0.4 is 10.1 Å². The standard InChI is InChI=1S/C19H19N3O5S2/c1-26-14-4-2-3-11-9-15(27-17(11)14)18(23)21-19-20-13-7-8-22(10-16(13)28-19)29(24,25)12-5-6-12/h2-4,9,12H,5-8,10H2,1H3,(H,20,21,23). The fourth-order valence-electron chi connectivity index (χ4n) is 3.49. The minimum atomic E-state index is -3.21. The van der Waals surface area contributed by atoms with Crippen molar-refractivity contribution in [1.82, 2.24) is 9.29 Å². The monoisotopic (exact) mass is 433 g/mol. The molecule has 5 rings (SSSR count). The Morgan fingerprint density at radius 2 is 2.21 bits per heavy atom. The molecule has 0 radical (unpaired) electrons. The number of nitrogens with zero attached hydrogens (tertiary/aromatic N) is 2. The summed E-state index contributed by atoms with van der Waals surface area (Å²) in [6, 6.07) is 7.10. The van der Waals surface area contributed by atoms with Crippen LogP contribution in [0.3, 0.4) is 0 Å². The number of anilines is 1. The van der Waals surface area contributed by atoms with E-state index in [0.717, 1.165) is 28.8 Å². The van der Waals surface area contributed by atoms with E-state index in [0.29, 0.717) is 36.0 Å². The zero-order chi connectivity index (χ0) is 20.2. The van der Waals surface area contributed by atoms with E-state index in [9.17, 15) is 13.2 Å². The van der Waals surface area contributed by atoms with Gasteiger partial charge in [0.05, 0.1) is 18.1 Å². The first-order valence-electron chi connectivity index (χ1n) is 9.31. The lowest BCUT2D eigenvalue weighted by Crippen LogP contribution is -2.37. The first kappa shape index (κ1) is 18.6. The van der Waals surface area contributed by atoms with Gasteiger partial charge >= 0.3 is 0 Å². The third kappa shape index (κ3) is 3.30. The van der Waals surface area contributed by atoms with Crippen LogP contribution in [0.25, 0.3) is 11.0 Å². The van der Waals surface area contributed by atoms with Crippen LogP contribution in [-0.4, -0.2) is 42.5 Å². The molecular formula is C19H19N3O5S2. The highest BCUT2D eigenvalue weighted by molar-refractivity contribution is 7.90. The first-order valence-corrected chi connectivity index (χ1v) is 11.6. The number of carbonyl (C=O) groups excluding carboxylic acids is 1. The minimum absolute atomic E-state index is 0.163. The number of rotatable bonds is 5. The lowest BCUT2D eigenvalue weighted by molar-refractivity contribution is 0.0998. The van der Waals surface area contributed by atoms with E-state index in [4.69, 9.17) is 9.15 Å². The molecule has 0 spiro atoms. The van der Waals surface area contributed by atoms with Gasteiger partial charge in [-0.05, 0) is 25.0 Å². The number of thiazole rings is 1. The van der Waals surface area contributed by atoms with Crippen molar-refractivity contribution < 1.29 is 22.4 Å². The Labute approximate surface area is 171 Å². The van der Waals surface area contributed by atoms with Crippen LogP contribution in [0.4, 0.5) is 5.13 Å². The number of carbonyl (C=O) groups is 1. The molecule has 1 aliphatic heterocycles. The zero-order valence-corrected chi connectivity index (χ0v) is 17.3. The van der Waals surface area contributed by atoms with E-state index in [-0.39, 0.29) is 11.0 Å². The van der Waals surface area contributed by atoms with Crippen LogP contribution in [0.2, 0.25) is 0 Å². The van der Waals surface area contributed by atoms with Crippen molar-refractivity contribution >= 4 is 43.4 Å². The molecule has 2 aromatic heterocycles. The summed E-state index contributed by atoms with van der Waals surface area (Å²) in [5.74, 6) is 0.315. The van der Waals surface area contributed by atoms with Crippen molar-refractivity contribution in [3.63, 3.8) is 0 Å². The van der Waals surface area contributed by atoms with E-state index in [2.05, 4.69) is 10.3 Å². The fourth-order valence-corrected chi connectivity index (χ4v) is 6.40. The summed E-state index contributed by atoms with van der Waals surface area (Å²) in [5.41, 5.74) is 1.36. The minimum Gasteiger partial charge on any atom is -0.493 e. The predicted octanol–water partition coefficient (Wildman–Crippen LogP) is 3.00. The third-order valence-corrected chi connectivity index (χ3v) is 8.52. The molecule has 3 aromatic rings. The maximum Gasteiger partial charge on any atom is 0.293 e. The molecule has 10 heteroatoms. The largest absolute Gasteiger partial charge is 0.493 e. The quantitative estimate of drug-likeness (QED) is 0.664. The molecule has 0 unspecified atom stereocenters. The SMILES string of the molecule is COc1cccc2cc(C(=O)Nc3nc4c(s3)CN(S(=O)(=O)C3CC3)CC4)oc12. The number of sulfonamides is 1. The van der Waals surface area contributed by atoms with Gasteiger partial charge in [-0.1, -0.05) is 12.1 Å². The summed E-state index contributed by atoms with van der Waals surface area (Å²) in [7, 11) is -1.67. The maximum absolute atomic E-state index is 12.6. The number of nitrogens with one attached hydrogen (secondary N) is 1. The van der Waals surface area contributed by atoms with Gasteiger partial charge in [0.2, 0.25) is 10.0 Å². The highest BCUT2D eigenvalue weighted by atomic mass is 32.2. The number of aromatic nitrogens is 1. The second kappa shape index (κ2) is 6.82. The Hall–Kier alpha value is -2.43. The maximum atomic E-state index is 12.6. The highest BCUT2D eigenvalue weighted by Gasteiger charge is 2.41. The summed E-state index contributed by atoms with van der Waals surface area (Å²) in [6.07, 6.45) is 2.05. The molecule has 1 fully saturated rings. The molecule has 1 N–H and O–H groups in total. The van der Waals surface area contributed by atoms with Crippen LogP contribution in [0.1, 0.15) is 34.0 Å². The van der Waals surface area contributed by atoms with Gasteiger partial charge in [-0.15, -0.1) is 11.3 Å². The average molecular weight is 434 g/mol. The summed E-state index contributed by atoms with van der Waals surface area (Å²) in [5, 5.41) is 3.76. The van der Waals surface area contributed by atoms with E-state index in [1.807, 2.05) is 12.1 Å².